The quantitative estimate of drug-likeness (QED) is 0.763. The van der Waals surface area contributed by atoms with Crippen molar-refractivity contribution < 1.29 is 0 Å². The first-order valence-corrected chi connectivity index (χ1v) is 7.08. The third kappa shape index (κ3) is 2.00. The molecule has 3 aromatic rings. The molecule has 1 aromatic carbocycles. The van der Waals surface area contributed by atoms with Gasteiger partial charge in [-0.3, -0.25) is 4.57 Å². The first-order chi connectivity index (χ1) is 9.90. The van der Waals surface area contributed by atoms with Gasteiger partial charge in [-0.1, -0.05) is 0 Å². The van der Waals surface area contributed by atoms with Gasteiger partial charge in [-0.2, -0.15) is 0 Å². The number of nitrogens with one attached hydrogen (secondary N) is 2. The van der Waals surface area contributed by atoms with E-state index < -0.39 is 0 Å². The van der Waals surface area contributed by atoms with Crippen molar-refractivity contribution in [3.8, 4) is 5.69 Å². The van der Waals surface area contributed by atoms with E-state index in [1.807, 2.05) is 4.57 Å². The van der Waals surface area contributed by atoms with Gasteiger partial charge in [-0.05, 0) is 49.6 Å². The number of H-pyrrole nitrogens is 1. The standard InChI is InChI=1S/C15H17N5/c1-2-12(16-5-1)6-11-8-17-15-4-3-13(7-14(11)15)20-9-18-19-10-20/h3-4,7-10,12,16-17H,1-2,5-6H2. The zero-order valence-corrected chi connectivity index (χ0v) is 11.2. The van der Waals surface area contributed by atoms with Gasteiger partial charge in [-0.15, -0.1) is 10.2 Å². The smallest absolute Gasteiger partial charge is 0.123 e. The molecule has 5 nitrogen and oxygen atoms in total. The van der Waals surface area contributed by atoms with E-state index in [-0.39, 0.29) is 0 Å². The zero-order valence-electron chi connectivity index (χ0n) is 11.2. The zero-order chi connectivity index (χ0) is 13.4. The molecule has 3 heterocycles. The fourth-order valence-corrected chi connectivity index (χ4v) is 3.03. The lowest BCUT2D eigenvalue weighted by Gasteiger charge is -2.09. The summed E-state index contributed by atoms with van der Waals surface area (Å²) in [7, 11) is 0. The highest BCUT2D eigenvalue weighted by molar-refractivity contribution is 5.85. The molecule has 0 aliphatic carbocycles. The molecule has 1 unspecified atom stereocenters. The van der Waals surface area contributed by atoms with Gasteiger partial charge in [0.05, 0.1) is 0 Å². The lowest BCUT2D eigenvalue weighted by atomic mass is 10.0. The Morgan fingerprint density at radius 1 is 1.25 bits per heavy atom. The van der Waals surface area contributed by atoms with Crippen molar-refractivity contribution in [1.29, 1.82) is 0 Å². The molecule has 0 spiro atoms. The van der Waals surface area contributed by atoms with Crippen LogP contribution in [0.5, 0.6) is 0 Å². The van der Waals surface area contributed by atoms with Gasteiger partial charge >= 0.3 is 0 Å². The minimum Gasteiger partial charge on any atom is -0.361 e. The largest absolute Gasteiger partial charge is 0.361 e. The molecule has 0 amide bonds. The summed E-state index contributed by atoms with van der Waals surface area (Å²) in [5, 5.41) is 12.6. The molecule has 1 saturated heterocycles. The van der Waals surface area contributed by atoms with E-state index in [4.69, 9.17) is 0 Å². The highest BCUT2D eigenvalue weighted by atomic mass is 15.2. The van der Waals surface area contributed by atoms with Crippen LogP contribution in [0, 0.1) is 0 Å². The number of hydrogen-bond donors (Lipinski definition) is 2. The fourth-order valence-electron chi connectivity index (χ4n) is 3.03. The number of rotatable bonds is 3. The van der Waals surface area contributed by atoms with Crippen molar-refractivity contribution >= 4 is 10.9 Å². The molecule has 1 fully saturated rings. The SMILES string of the molecule is c1cc2[nH]cc(CC3CCCN3)c2cc1-n1cnnc1. The predicted molar refractivity (Wildman–Crippen MR) is 77.9 cm³/mol. The van der Waals surface area contributed by atoms with Crippen LogP contribution in [0.2, 0.25) is 0 Å². The van der Waals surface area contributed by atoms with Crippen molar-refractivity contribution in [2.45, 2.75) is 25.3 Å². The number of aromatic amines is 1. The average Bonchev–Trinajstić information content (AvgIpc) is 3.20. The summed E-state index contributed by atoms with van der Waals surface area (Å²) in [5.74, 6) is 0. The molecule has 0 saturated carbocycles. The van der Waals surface area contributed by atoms with Crippen LogP contribution in [0.4, 0.5) is 0 Å². The maximum Gasteiger partial charge on any atom is 0.123 e. The number of hydrogen-bond acceptors (Lipinski definition) is 3. The molecule has 102 valence electrons. The molecule has 20 heavy (non-hydrogen) atoms. The Balaban J connectivity index is 1.72. The van der Waals surface area contributed by atoms with Crippen LogP contribution in [-0.2, 0) is 6.42 Å². The van der Waals surface area contributed by atoms with Crippen LogP contribution in [0.3, 0.4) is 0 Å². The Hall–Kier alpha value is -2.14. The van der Waals surface area contributed by atoms with Crippen molar-refractivity contribution in [1.82, 2.24) is 25.1 Å². The molecule has 0 bridgehead atoms. The molecule has 1 atom stereocenters. The highest BCUT2D eigenvalue weighted by Gasteiger charge is 2.16. The van der Waals surface area contributed by atoms with E-state index in [0.717, 1.165) is 18.7 Å². The second kappa shape index (κ2) is 4.76. The molecular formula is C15H17N5. The number of benzene rings is 1. The lowest BCUT2D eigenvalue weighted by Crippen LogP contribution is -2.23. The maximum absolute atomic E-state index is 3.87. The molecular weight excluding hydrogens is 250 g/mol. The number of nitrogens with zero attached hydrogens (tertiary/aromatic N) is 3. The van der Waals surface area contributed by atoms with Crippen molar-refractivity contribution in [3.05, 3.63) is 42.6 Å². The van der Waals surface area contributed by atoms with Crippen molar-refractivity contribution in [2.24, 2.45) is 0 Å². The molecule has 2 aromatic heterocycles. The van der Waals surface area contributed by atoms with Crippen LogP contribution in [0.15, 0.2) is 37.1 Å². The third-order valence-electron chi connectivity index (χ3n) is 4.10. The van der Waals surface area contributed by atoms with Crippen LogP contribution in [-0.4, -0.2) is 32.3 Å². The normalized spacial score (nSPS) is 18.9. The number of fused-ring (bicyclic) bond motifs is 1. The topological polar surface area (TPSA) is 58.5 Å². The summed E-state index contributed by atoms with van der Waals surface area (Å²) >= 11 is 0. The lowest BCUT2D eigenvalue weighted by molar-refractivity contribution is 0.605. The van der Waals surface area contributed by atoms with Crippen LogP contribution in [0.25, 0.3) is 16.6 Å². The van der Waals surface area contributed by atoms with Crippen LogP contribution >= 0.6 is 0 Å². The second-order valence-electron chi connectivity index (χ2n) is 5.41. The minimum absolute atomic E-state index is 0.618. The maximum atomic E-state index is 3.87. The number of aromatic nitrogens is 4. The Bertz CT molecular complexity index is 707. The first kappa shape index (κ1) is 11.7. The van der Waals surface area contributed by atoms with Gasteiger partial charge in [0.1, 0.15) is 12.7 Å². The highest BCUT2D eigenvalue weighted by Crippen LogP contribution is 2.24. The van der Waals surface area contributed by atoms with Gasteiger partial charge < -0.3 is 10.3 Å². The summed E-state index contributed by atoms with van der Waals surface area (Å²) < 4.78 is 1.93. The fraction of sp³-hybridized carbons (Fsp3) is 0.333. The van der Waals surface area contributed by atoms with Gasteiger partial charge in [-0.25, -0.2) is 0 Å². The van der Waals surface area contributed by atoms with E-state index in [1.165, 1.54) is 29.3 Å². The van der Waals surface area contributed by atoms with E-state index in [0.29, 0.717) is 6.04 Å². The van der Waals surface area contributed by atoms with Gasteiger partial charge in [0, 0.05) is 28.8 Å². The van der Waals surface area contributed by atoms with E-state index >= 15 is 0 Å². The summed E-state index contributed by atoms with van der Waals surface area (Å²) in [4.78, 5) is 3.37. The summed E-state index contributed by atoms with van der Waals surface area (Å²) in [6.45, 7) is 1.15. The second-order valence-corrected chi connectivity index (χ2v) is 5.41. The van der Waals surface area contributed by atoms with Crippen molar-refractivity contribution in [3.63, 3.8) is 0 Å². The molecule has 5 heteroatoms. The van der Waals surface area contributed by atoms with Crippen molar-refractivity contribution in [2.75, 3.05) is 6.54 Å². The molecule has 1 aliphatic rings. The van der Waals surface area contributed by atoms with Gasteiger partial charge in [0.25, 0.3) is 0 Å². The summed E-state index contributed by atoms with van der Waals surface area (Å²) in [6, 6.07) is 7.03. The first-order valence-electron chi connectivity index (χ1n) is 7.08. The molecule has 2 N–H and O–H groups in total. The Labute approximate surface area is 117 Å². The molecule has 4 rings (SSSR count). The third-order valence-corrected chi connectivity index (χ3v) is 4.10. The van der Waals surface area contributed by atoms with Gasteiger partial charge in [0.2, 0.25) is 0 Å². The Morgan fingerprint density at radius 3 is 2.95 bits per heavy atom. The summed E-state index contributed by atoms with van der Waals surface area (Å²) in [6.07, 6.45) is 9.25. The Kier molecular flexibility index (Phi) is 2.77. The van der Waals surface area contributed by atoms with E-state index in [2.05, 4.69) is 44.9 Å². The van der Waals surface area contributed by atoms with E-state index in [1.54, 1.807) is 12.7 Å². The minimum atomic E-state index is 0.618. The molecule has 1 aliphatic heterocycles. The van der Waals surface area contributed by atoms with Crippen LogP contribution in [0.1, 0.15) is 18.4 Å². The average molecular weight is 267 g/mol. The monoisotopic (exact) mass is 267 g/mol. The van der Waals surface area contributed by atoms with Gasteiger partial charge in [0.15, 0.2) is 0 Å². The predicted octanol–water partition coefficient (Wildman–Crippen LogP) is 2.04. The van der Waals surface area contributed by atoms with E-state index in [9.17, 15) is 0 Å². The molecule has 0 radical (unpaired) electrons. The Morgan fingerprint density at radius 2 is 2.15 bits per heavy atom. The summed E-state index contributed by atoms with van der Waals surface area (Å²) in [5.41, 5.74) is 3.67. The van der Waals surface area contributed by atoms with Crippen LogP contribution < -0.4 is 5.32 Å².